The molecule has 82 valence electrons. The van der Waals surface area contributed by atoms with E-state index in [4.69, 9.17) is 5.73 Å². The number of aromatic nitrogens is 1. The molecule has 0 bridgehead atoms. The Morgan fingerprint density at radius 1 is 1.12 bits per heavy atom. The van der Waals surface area contributed by atoms with E-state index in [1.165, 1.54) is 6.07 Å². The fraction of sp³-hybridized carbons (Fsp3) is 0.0833. The summed E-state index contributed by atoms with van der Waals surface area (Å²) >= 11 is 0. The Hall–Kier alpha value is -2.10. The van der Waals surface area contributed by atoms with E-state index in [1.807, 2.05) is 12.1 Å². The largest absolute Gasteiger partial charge is 0.384 e. The standard InChI is InChI=1S/C12H12FN3/c13-10-5-1-2-6-11(10)15-8-9-4-3-7-12(14)16-9/h1-7,15H,8H2,(H2,14,16). The fourth-order valence-corrected chi connectivity index (χ4v) is 1.39. The summed E-state index contributed by atoms with van der Waals surface area (Å²) in [6.07, 6.45) is 0. The smallest absolute Gasteiger partial charge is 0.146 e. The van der Waals surface area contributed by atoms with Crippen LogP contribution in [0.2, 0.25) is 0 Å². The number of anilines is 2. The average Bonchev–Trinajstić information content (AvgIpc) is 2.28. The molecule has 0 saturated carbocycles. The Morgan fingerprint density at radius 3 is 2.69 bits per heavy atom. The molecule has 1 heterocycles. The lowest BCUT2D eigenvalue weighted by Gasteiger charge is -2.06. The fourth-order valence-electron chi connectivity index (χ4n) is 1.39. The molecule has 1 aromatic heterocycles. The van der Waals surface area contributed by atoms with Gasteiger partial charge >= 0.3 is 0 Å². The van der Waals surface area contributed by atoms with Gasteiger partial charge in [-0.3, -0.25) is 0 Å². The summed E-state index contributed by atoms with van der Waals surface area (Å²) < 4.78 is 13.3. The number of benzene rings is 1. The summed E-state index contributed by atoms with van der Waals surface area (Å²) in [5, 5.41) is 2.96. The number of nitrogen functional groups attached to an aromatic ring is 1. The maximum absolute atomic E-state index is 13.3. The van der Waals surface area contributed by atoms with Gasteiger partial charge in [0.15, 0.2) is 0 Å². The number of nitrogens with zero attached hydrogens (tertiary/aromatic N) is 1. The molecule has 3 N–H and O–H groups in total. The number of halogens is 1. The van der Waals surface area contributed by atoms with Crippen LogP contribution in [0.3, 0.4) is 0 Å². The highest BCUT2D eigenvalue weighted by Crippen LogP contribution is 2.13. The van der Waals surface area contributed by atoms with Crippen molar-refractivity contribution in [1.29, 1.82) is 0 Å². The number of hydrogen-bond donors (Lipinski definition) is 2. The molecule has 1 aromatic carbocycles. The van der Waals surface area contributed by atoms with Gasteiger partial charge < -0.3 is 11.1 Å². The molecule has 0 spiro atoms. The van der Waals surface area contributed by atoms with Crippen LogP contribution < -0.4 is 11.1 Å². The van der Waals surface area contributed by atoms with Crippen LogP contribution in [0.5, 0.6) is 0 Å². The summed E-state index contributed by atoms with van der Waals surface area (Å²) in [6.45, 7) is 0.450. The van der Waals surface area contributed by atoms with Crippen LogP contribution in [-0.4, -0.2) is 4.98 Å². The molecular weight excluding hydrogens is 205 g/mol. The second-order valence-electron chi connectivity index (χ2n) is 3.39. The molecule has 3 nitrogen and oxygen atoms in total. The van der Waals surface area contributed by atoms with E-state index in [2.05, 4.69) is 10.3 Å². The summed E-state index contributed by atoms with van der Waals surface area (Å²) in [4.78, 5) is 4.11. The van der Waals surface area contributed by atoms with E-state index in [-0.39, 0.29) is 5.82 Å². The van der Waals surface area contributed by atoms with Gasteiger partial charge in [-0.2, -0.15) is 0 Å². The zero-order valence-electron chi connectivity index (χ0n) is 8.65. The third-order valence-corrected chi connectivity index (χ3v) is 2.16. The van der Waals surface area contributed by atoms with E-state index in [1.54, 1.807) is 24.3 Å². The van der Waals surface area contributed by atoms with E-state index in [0.717, 1.165) is 5.69 Å². The quantitative estimate of drug-likeness (QED) is 0.830. The van der Waals surface area contributed by atoms with Crippen LogP contribution >= 0.6 is 0 Å². The van der Waals surface area contributed by atoms with Gasteiger partial charge in [0, 0.05) is 0 Å². The van der Waals surface area contributed by atoms with Gasteiger partial charge in [-0.15, -0.1) is 0 Å². The maximum Gasteiger partial charge on any atom is 0.146 e. The Balaban J connectivity index is 2.05. The van der Waals surface area contributed by atoms with Gasteiger partial charge in [0.05, 0.1) is 17.9 Å². The molecule has 0 saturated heterocycles. The number of hydrogen-bond acceptors (Lipinski definition) is 3. The number of nitrogens with two attached hydrogens (primary N) is 1. The molecule has 0 fully saturated rings. The highest BCUT2D eigenvalue weighted by atomic mass is 19.1. The van der Waals surface area contributed by atoms with Crippen molar-refractivity contribution in [3.63, 3.8) is 0 Å². The highest BCUT2D eigenvalue weighted by Gasteiger charge is 2.00. The van der Waals surface area contributed by atoms with E-state index < -0.39 is 0 Å². The van der Waals surface area contributed by atoms with Gasteiger partial charge in [0.1, 0.15) is 11.6 Å². The SMILES string of the molecule is Nc1cccc(CNc2ccccc2F)n1. The van der Waals surface area contributed by atoms with Gasteiger partial charge in [0.2, 0.25) is 0 Å². The predicted octanol–water partition coefficient (Wildman–Crippen LogP) is 2.42. The Labute approximate surface area is 93.1 Å². The van der Waals surface area contributed by atoms with Gasteiger partial charge in [-0.25, -0.2) is 9.37 Å². The summed E-state index contributed by atoms with van der Waals surface area (Å²) in [7, 11) is 0. The average molecular weight is 217 g/mol. The Morgan fingerprint density at radius 2 is 1.94 bits per heavy atom. The van der Waals surface area contributed by atoms with Crippen molar-refractivity contribution in [3.8, 4) is 0 Å². The van der Waals surface area contributed by atoms with Gasteiger partial charge in [-0.1, -0.05) is 18.2 Å². The highest BCUT2D eigenvalue weighted by molar-refractivity contribution is 5.44. The molecule has 0 amide bonds. The number of nitrogens with one attached hydrogen (secondary N) is 1. The van der Waals surface area contributed by atoms with Crippen LogP contribution in [0.4, 0.5) is 15.9 Å². The maximum atomic E-state index is 13.3. The van der Waals surface area contributed by atoms with Crippen molar-refractivity contribution in [2.45, 2.75) is 6.54 Å². The minimum atomic E-state index is -0.272. The molecule has 0 radical (unpaired) electrons. The molecule has 2 rings (SSSR count). The van der Waals surface area contributed by atoms with Gasteiger partial charge in [-0.05, 0) is 24.3 Å². The molecule has 0 aliphatic heterocycles. The predicted molar refractivity (Wildman–Crippen MR) is 62.4 cm³/mol. The van der Waals surface area contributed by atoms with Crippen molar-refractivity contribution in [1.82, 2.24) is 4.98 Å². The normalized spacial score (nSPS) is 10.1. The lowest BCUT2D eigenvalue weighted by molar-refractivity contribution is 0.630. The molecule has 0 aliphatic rings. The van der Waals surface area contributed by atoms with Crippen molar-refractivity contribution >= 4 is 11.5 Å². The molecule has 0 atom stereocenters. The van der Waals surface area contributed by atoms with Crippen LogP contribution in [0, 0.1) is 5.82 Å². The minimum Gasteiger partial charge on any atom is -0.384 e. The summed E-state index contributed by atoms with van der Waals surface area (Å²) in [5.41, 5.74) is 6.79. The van der Waals surface area contributed by atoms with Gasteiger partial charge in [0.25, 0.3) is 0 Å². The molecule has 16 heavy (non-hydrogen) atoms. The molecular formula is C12H12FN3. The monoisotopic (exact) mass is 217 g/mol. The topological polar surface area (TPSA) is 50.9 Å². The minimum absolute atomic E-state index is 0.272. The van der Waals surface area contributed by atoms with Crippen molar-refractivity contribution in [2.24, 2.45) is 0 Å². The lowest BCUT2D eigenvalue weighted by Crippen LogP contribution is -2.04. The Bertz CT molecular complexity index is 485. The first kappa shape index (κ1) is 10.4. The lowest BCUT2D eigenvalue weighted by atomic mass is 10.3. The summed E-state index contributed by atoms with van der Waals surface area (Å²) in [5.74, 6) is 0.194. The van der Waals surface area contributed by atoms with Crippen LogP contribution in [-0.2, 0) is 6.54 Å². The van der Waals surface area contributed by atoms with Crippen LogP contribution in [0.15, 0.2) is 42.5 Å². The zero-order chi connectivity index (χ0) is 11.4. The second kappa shape index (κ2) is 4.61. The zero-order valence-corrected chi connectivity index (χ0v) is 8.65. The van der Waals surface area contributed by atoms with E-state index in [9.17, 15) is 4.39 Å². The second-order valence-corrected chi connectivity index (χ2v) is 3.39. The molecule has 0 aliphatic carbocycles. The van der Waals surface area contributed by atoms with Crippen LogP contribution in [0.1, 0.15) is 5.69 Å². The van der Waals surface area contributed by atoms with E-state index in [0.29, 0.717) is 18.1 Å². The van der Waals surface area contributed by atoms with Crippen molar-refractivity contribution in [3.05, 3.63) is 54.0 Å². The third kappa shape index (κ3) is 2.48. The van der Waals surface area contributed by atoms with Crippen molar-refractivity contribution in [2.75, 3.05) is 11.1 Å². The first-order valence-corrected chi connectivity index (χ1v) is 4.95. The number of para-hydroxylation sites is 1. The molecule has 4 heteroatoms. The first-order chi connectivity index (χ1) is 7.75. The molecule has 0 unspecified atom stereocenters. The van der Waals surface area contributed by atoms with Crippen LogP contribution in [0.25, 0.3) is 0 Å². The third-order valence-electron chi connectivity index (χ3n) is 2.16. The first-order valence-electron chi connectivity index (χ1n) is 4.95. The van der Waals surface area contributed by atoms with E-state index >= 15 is 0 Å². The Kier molecular flexibility index (Phi) is 3.00. The molecule has 2 aromatic rings. The van der Waals surface area contributed by atoms with Crippen molar-refractivity contribution < 1.29 is 4.39 Å². The number of pyridine rings is 1. The number of rotatable bonds is 3. The summed E-state index contributed by atoms with van der Waals surface area (Å²) in [6, 6.07) is 11.9.